The van der Waals surface area contributed by atoms with Crippen molar-refractivity contribution in [3.63, 3.8) is 0 Å². The Balaban J connectivity index is 2.07. The molecule has 0 bridgehead atoms. The number of aromatic nitrogens is 1. The zero-order chi connectivity index (χ0) is 12.8. The number of nitrogens with one attached hydrogen (secondary N) is 1. The summed E-state index contributed by atoms with van der Waals surface area (Å²) in [5, 5.41) is 4.22. The number of hydrogen-bond acceptors (Lipinski definition) is 4. The van der Waals surface area contributed by atoms with Gasteiger partial charge in [0.25, 0.3) is 0 Å². The van der Waals surface area contributed by atoms with Crippen LogP contribution in [0.1, 0.15) is 18.4 Å². The topological polar surface area (TPSA) is 34.1 Å². The fraction of sp³-hybridized carbons (Fsp3) is 0.357. The molecule has 0 aliphatic heterocycles. The Kier molecular flexibility index (Phi) is 4.73. The summed E-state index contributed by atoms with van der Waals surface area (Å²) < 4.78 is 5.57. The van der Waals surface area contributed by atoms with E-state index in [9.17, 15) is 0 Å². The quantitative estimate of drug-likeness (QED) is 0.867. The highest BCUT2D eigenvalue weighted by atomic mass is 32.1. The van der Waals surface area contributed by atoms with Crippen molar-refractivity contribution in [1.29, 1.82) is 0 Å². The van der Waals surface area contributed by atoms with Crippen molar-refractivity contribution in [2.75, 3.05) is 13.7 Å². The third kappa shape index (κ3) is 3.31. The summed E-state index contributed by atoms with van der Waals surface area (Å²) in [4.78, 5) is 5.58. The minimum absolute atomic E-state index is 0.770. The second-order valence-electron chi connectivity index (χ2n) is 4.02. The fourth-order valence-electron chi connectivity index (χ4n) is 1.61. The number of thiazole rings is 1. The van der Waals surface area contributed by atoms with Crippen LogP contribution in [0.5, 0.6) is 5.75 Å². The van der Waals surface area contributed by atoms with Crippen molar-refractivity contribution >= 4 is 11.3 Å². The van der Waals surface area contributed by atoms with Gasteiger partial charge < -0.3 is 10.1 Å². The fourth-order valence-corrected chi connectivity index (χ4v) is 2.55. The molecular weight excluding hydrogens is 244 g/mol. The standard InChI is InChI=1S/C14H18N2OS/c1-3-8-17-12-6-4-11(5-7-12)13-9-16-14(18-13)10-15-2/h4-7,9,15H,3,8,10H2,1-2H3. The first-order valence-electron chi connectivity index (χ1n) is 6.16. The monoisotopic (exact) mass is 262 g/mol. The molecule has 0 unspecified atom stereocenters. The highest BCUT2D eigenvalue weighted by Gasteiger charge is 2.04. The maximum Gasteiger partial charge on any atom is 0.119 e. The lowest BCUT2D eigenvalue weighted by molar-refractivity contribution is 0.317. The largest absolute Gasteiger partial charge is 0.494 e. The normalized spacial score (nSPS) is 10.6. The van der Waals surface area contributed by atoms with Crippen LogP contribution in [0.3, 0.4) is 0 Å². The van der Waals surface area contributed by atoms with E-state index in [4.69, 9.17) is 4.74 Å². The van der Waals surface area contributed by atoms with E-state index in [-0.39, 0.29) is 0 Å². The summed E-state index contributed by atoms with van der Waals surface area (Å²) in [6, 6.07) is 8.20. The third-order valence-electron chi connectivity index (χ3n) is 2.49. The van der Waals surface area contributed by atoms with Gasteiger partial charge >= 0.3 is 0 Å². The van der Waals surface area contributed by atoms with Gasteiger partial charge in [0.2, 0.25) is 0 Å². The van der Waals surface area contributed by atoms with Gasteiger partial charge in [-0.25, -0.2) is 4.98 Å². The van der Waals surface area contributed by atoms with Gasteiger partial charge in [0.15, 0.2) is 0 Å². The molecule has 0 aliphatic rings. The van der Waals surface area contributed by atoms with Crippen LogP contribution in [-0.4, -0.2) is 18.6 Å². The van der Waals surface area contributed by atoms with Gasteiger partial charge in [-0.2, -0.15) is 0 Å². The van der Waals surface area contributed by atoms with Crippen LogP contribution < -0.4 is 10.1 Å². The average Bonchev–Trinajstić information content (AvgIpc) is 2.86. The number of rotatable bonds is 6. The molecule has 0 saturated heterocycles. The maximum atomic E-state index is 5.57. The highest BCUT2D eigenvalue weighted by molar-refractivity contribution is 7.15. The molecule has 0 atom stereocenters. The molecular formula is C14H18N2OS. The predicted octanol–water partition coefficient (Wildman–Crippen LogP) is 3.32. The molecule has 0 amide bonds. The number of hydrogen-bond donors (Lipinski definition) is 1. The van der Waals surface area contributed by atoms with Crippen LogP contribution in [0.25, 0.3) is 10.4 Å². The van der Waals surface area contributed by atoms with E-state index in [1.54, 1.807) is 11.3 Å². The highest BCUT2D eigenvalue weighted by Crippen LogP contribution is 2.27. The number of benzene rings is 1. The maximum absolute atomic E-state index is 5.57. The molecule has 0 saturated carbocycles. The summed E-state index contributed by atoms with van der Waals surface area (Å²) in [5.41, 5.74) is 1.19. The Bertz CT molecular complexity index is 479. The Morgan fingerprint density at radius 2 is 2.06 bits per heavy atom. The Morgan fingerprint density at radius 3 is 2.72 bits per heavy atom. The Labute approximate surface area is 112 Å². The van der Waals surface area contributed by atoms with Crippen molar-refractivity contribution in [1.82, 2.24) is 10.3 Å². The first-order chi connectivity index (χ1) is 8.83. The summed E-state index contributed by atoms with van der Waals surface area (Å²) in [5.74, 6) is 0.931. The van der Waals surface area contributed by atoms with Crippen LogP contribution in [0.4, 0.5) is 0 Å². The SMILES string of the molecule is CCCOc1ccc(-c2cnc(CNC)s2)cc1. The molecule has 1 aromatic carbocycles. The van der Waals surface area contributed by atoms with E-state index in [2.05, 4.69) is 29.4 Å². The Hall–Kier alpha value is -1.39. The molecule has 0 radical (unpaired) electrons. The lowest BCUT2D eigenvalue weighted by Crippen LogP contribution is -2.03. The van der Waals surface area contributed by atoms with Crippen LogP contribution in [-0.2, 0) is 6.54 Å². The first kappa shape index (κ1) is 13.1. The second kappa shape index (κ2) is 6.52. The summed E-state index contributed by atoms with van der Waals surface area (Å²) in [6.07, 6.45) is 2.96. The minimum Gasteiger partial charge on any atom is -0.494 e. The molecule has 1 N–H and O–H groups in total. The van der Waals surface area contributed by atoms with E-state index in [0.717, 1.165) is 30.3 Å². The molecule has 96 valence electrons. The number of ether oxygens (including phenoxy) is 1. The Morgan fingerprint density at radius 1 is 1.28 bits per heavy atom. The van der Waals surface area contributed by atoms with Crippen LogP contribution in [0, 0.1) is 0 Å². The van der Waals surface area contributed by atoms with Crippen LogP contribution in [0.2, 0.25) is 0 Å². The summed E-state index contributed by atoms with van der Waals surface area (Å²) in [7, 11) is 1.93. The lowest BCUT2D eigenvalue weighted by Gasteiger charge is -2.04. The van der Waals surface area contributed by atoms with Crippen molar-refractivity contribution in [2.45, 2.75) is 19.9 Å². The summed E-state index contributed by atoms with van der Waals surface area (Å²) >= 11 is 1.72. The van der Waals surface area contributed by atoms with Gasteiger partial charge in [-0.05, 0) is 43.3 Å². The summed E-state index contributed by atoms with van der Waals surface area (Å²) in [6.45, 7) is 3.70. The first-order valence-corrected chi connectivity index (χ1v) is 6.97. The molecule has 0 fully saturated rings. The molecule has 2 rings (SSSR count). The van der Waals surface area contributed by atoms with Crippen molar-refractivity contribution in [2.24, 2.45) is 0 Å². The molecule has 2 aromatic rings. The van der Waals surface area contributed by atoms with E-state index < -0.39 is 0 Å². The molecule has 1 heterocycles. The van der Waals surface area contributed by atoms with Gasteiger partial charge in [0.1, 0.15) is 10.8 Å². The van der Waals surface area contributed by atoms with Crippen LogP contribution in [0.15, 0.2) is 30.5 Å². The zero-order valence-corrected chi connectivity index (χ0v) is 11.6. The van der Waals surface area contributed by atoms with Gasteiger partial charge in [-0.1, -0.05) is 6.92 Å². The molecule has 0 spiro atoms. The van der Waals surface area contributed by atoms with Gasteiger partial charge in [0.05, 0.1) is 11.5 Å². The molecule has 3 nitrogen and oxygen atoms in total. The zero-order valence-electron chi connectivity index (χ0n) is 10.8. The second-order valence-corrected chi connectivity index (χ2v) is 5.14. The predicted molar refractivity (Wildman–Crippen MR) is 76.1 cm³/mol. The smallest absolute Gasteiger partial charge is 0.119 e. The molecule has 18 heavy (non-hydrogen) atoms. The number of nitrogens with zero attached hydrogens (tertiary/aromatic N) is 1. The third-order valence-corrected chi connectivity index (χ3v) is 3.54. The van der Waals surface area contributed by atoms with Crippen LogP contribution >= 0.6 is 11.3 Å². The van der Waals surface area contributed by atoms with E-state index >= 15 is 0 Å². The van der Waals surface area contributed by atoms with E-state index in [0.29, 0.717) is 0 Å². The van der Waals surface area contributed by atoms with E-state index in [1.807, 2.05) is 25.4 Å². The van der Waals surface area contributed by atoms with Gasteiger partial charge in [-0.15, -0.1) is 11.3 Å². The minimum atomic E-state index is 0.770. The van der Waals surface area contributed by atoms with Crippen molar-refractivity contribution in [3.8, 4) is 16.2 Å². The van der Waals surface area contributed by atoms with Crippen molar-refractivity contribution in [3.05, 3.63) is 35.5 Å². The average molecular weight is 262 g/mol. The molecule has 4 heteroatoms. The molecule has 0 aliphatic carbocycles. The van der Waals surface area contributed by atoms with E-state index in [1.165, 1.54) is 10.4 Å². The van der Waals surface area contributed by atoms with Gasteiger partial charge in [-0.3, -0.25) is 0 Å². The lowest BCUT2D eigenvalue weighted by atomic mass is 10.2. The van der Waals surface area contributed by atoms with Crippen molar-refractivity contribution < 1.29 is 4.74 Å². The van der Waals surface area contributed by atoms with Gasteiger partial charge in [0, 0.05) is 12.7 Å². The molecule has 1 aromatic heterocycles.